The van der Waals surface area contributed by atoms with E-state index in [0.717, 1.165) is 5.56 Å². The molecule has 3 nitrogen and oxygen atoms in total. The topological polar surface area (TPSA) is 52.9 Å². The molecule has 28 heavy (non-hydrogen) atoms. The fraction of sp³-hybridized carbons (Fsp3) is 0.0435. The van der Waals surface area contributed by atoms with E-state index in [-0.39, 0.29) is 17.1 Å². The van der Waals surface area contributed by atoms with Crippen molar-refractivity contribution in [3.8, 4) is 6.07 Å². The first kappa shape index (κ1) is 19.0. The first-order chi connectivity index (χ1) is 13.6. The highest BCUT2D eigenvalue weighted by molar-refractivity contribution is 6.09. The van der Waals surface area contributed by atoms with Gasteiger partial charge < -0.3 is 5.32 Å². The van der Waals surface area contributed by atoms with Crippen LogP contribution in [0.1, 0.15) is 16.7 Å². The van der Waals surface area contributed by atoms with Crippen LogP contribution in [0.2, 0.25) is 0 Å². The third-order valence-corrected chi connectivity index (χ3v) is 4.13. The van der Waals surface area contributed by atoms with Gasteiger partial charge in [0.05, 0.1) is 5.69 Å². The van der Waals surface area contributed by atoms with E-state index in [1.165, 1.54) is 30.3 Å². The molecule has 3 rings (SSSR count). The largest absolute Gasteiger partial charge is 0.319 e. The Kier molecular flexibility index (Phi) is 5.93. The van der Waals surface area contributed by atoms with Crippen LogP contribution < -0.4 is 5.32 Å². The van der Waals surface area contributed by atoms with Crippen molar-refractivity contribution in [3.05, 3.63) is 107 Å². The second-order valence-electron chi connectivity index (χ2n) is 6.11. The number of amides is 1. The molecule has 0 aliphatic rings. The average molecular weight is 374 g/mol. The summed E-state index contributed by atoms with van der Waals surface area (Å²) in [5.74, 6) is -1.53. The number of halogens is 2. The molecule has 138 valence electrons. The predicted octanol–water partition coefficient (Wildman–Crippen LogP) is 5.10. The molecule has 0 fully saturated rings. The summed E-state index contributed by atoms with van der Waals surface area (Å²) >= 11 is 0. The molecule has 1 N–H and O–H groups in total. The number of carbonyl (C=O) groups is 1. The number of para-hydroxylation sites is 1. The lowest BCUT2D eigenvalue weighted by Gasteiger charge is -2.06. The zero-order valence-corrected chi connectivity index (χ0v) is 14.8. The molecule has 0 aromatic heterocycles. The van der Waals surface area contributed by atoms with Crippen LogP contribution in [0.15, 0.2) is 78.4 Å². The maximum Gasteiger partial charge on any atom is 0.266 e. The molecule has 0 aliphatic heterocycles. The van der Waals surface area contributed by atoms with Gasteiger partial charge in [0.2, 0.25) is 0 Å². The molecule has 3 aromatic carbocycles. The predicted molar refractivity (Wildman–Crippen MR) is 104 cm³/mol. The quantitative estimate of drug-likeness (QED) is 0.499. The summed E-state index contributed by atoms with van der Waals surface area (Å²) in [6.07, 6.45) is 1.86. The minimum Gasteiger partial charge on any atom is -0.319 e. The number of carbonyl (C=O) groups excluding carboxylic acids is 1. The van der Waals surface area contributed by atoms with E-state index in [2.05, 4.69) is 5.32 Å². The summed E-state index contributed by atoms with van der Waals surface area (Å²) in [4.78, 5) is 12.2. The Morgan fingerprint density at radius 2 is 1.57 bits per heavy atom. The van der Waals surface area contributed by atoms with Crippen molar-refractivity contribution in [3.63, 3.8) is 0 Å². The van der Waals surface area contributed by atoms with Gasteiger partial charge in [-0.25, -0.2) is 8.78 Å². The van der Waals surface area contributed by atoms with Gasteiger partial charge in [0.25, 0.3) is 5.91 Å². The van der Waals surface area contributed by atoms with Crippen LogP contribution in [0.3, 0.4) is 0 Å². The van der Waals surface area contributed by atoms with Gasteiger partial charge in [-0.2, -0.15) is 5.26 Å². The molecule has 0 unspecified atom stereocenters. The number of nitrogens with one attached hydrogen (secondary N) is 1. The summed E-state index contributed by atoms with van der Waals surface area (Å²) < 4.78 is 27.4. The Morgan fingerprint density at radius 3 is 2.21 bits per heavy atom. The Hall–Kier alpha value is -3.78. The van der Waals surface area contributed by atoms with Crippen LogP contribution in [-0.4, -0.2) is 5.91 Å². The van der Waals surface area contributed by atoms with Crippen LogP contribution in [-0.2, 0) is 11.2 Å². The lowest BCUT2D eigenvalue weighted by Crippen LogP contribution is -2.14. The van der Waals surface area contributed by atoms with E-state index in [9.17, 15) is 18.8 Å². The van der Waals surface area contributed by atoms with Gasteiger partial charge in [0.15, 0.2) is 0 Å². The zero-order valence-electron chi connectivity index (χ0n) is 14.8. The summed E-state index contributed by atoms with van der Waals surface area (Å²) in [6.45, 7) is 0. The van der Waals surface area contributed by atoms with Crippen molar-refractivity contribution in [2.75, 3.05) is 5.32 Å². The van der Waals surface area contributed by atoms with E-state index in [4.69, 9.17) is 0 Å². The SMILES string of the molecule is N#C/C(=C\c1ccc(Cc2ccccc2F)cc1)C(=O)Nc1ccccc1F. The standard InChI is InChI=1S/C23H16F2N2O/c24-20-6-2-1-5-18(20)13-16-9-11-17(12-10-16)14-19(15-26)23(28)27-22-8-4-3-7-21(22)25/h1-12,14H,13H2,(H,27,28)/b19-14+. The number of anilines is 1. The number of benzene rings is 3. The first-order valence-electron chi connectivity index (χ1n) is 8.57. The molecule has 0 saturated heterocycles. The number of nitriles is 1. The lowest BCUT2D eigenvalue weighted by atomic mass is 10.0. The second-order valence-corrected chi connectivity index (χ2v) is 6.11. The highest BCUT2D eigenvalue weighted by atomic mass is 19.1. The number of hydrogen-bond acceptors (Lipinski definition) is 2. The van der Waals surface area contributed by atoms with Crippen molar-refractivity contribution in [2.45, 2.75) is 6.42 Å². The highest BCUT2D eigenvalue weighted by Gasteiger charge is 2.12. The van der Waals surface area contributed by atoms with Gasteiger partial charge >= 0.3 is 0 Å². The average Bonchev–Trinajstić information content (AvgIpc) is 2.70. The van der Waals surface area contributed by atoms with Crippen LogP contribution in [0, 0.1) is 23.0 Å². The van der Waals surface area contributed by atoms with Crippen molar-refractivity contribution in [1.29, 1.82) is 5.26 Å². The Bertz CT molecular complexity index is 1070. The molecule has 0 heterocycles. The molecular weight excluding hydrogens is 358 g/mol. The maximum absolute atomic E-state index is 13.8. The fourth-order valence-electron chi connectivity index (χ4n) is 2.66. The number of nitrogens with zero attached hydrogens (tertiary/aromatic N) is 1. The molecule has 0 aliphatic carbocycles. The second kappa shape index (κ2) is 8.74. The van der Waals surface area contributed by atoms with Crippen LogP contribution in [0.5, 0.6) is 0 Å². The van der Waals surface area contributed by atoms with E-state index in [1.54, 1.807) is 36.4 Å². The molecule has 3 aromatic rings. The van der Waals surface area contributed by atoms with Crippen molar-refractivity contribution < 1.29 is 13.6 Å². The zero-order chi connectivity index (χ0) is 19.9. The Balaban J connectivity index is 1.74. The summed E-state index contributed by atoms with van der Waals surface area (Å²) in [5.41, 5.74) is 1.99. The van der Waals surface area contributed by atoms with Crippen LogP contribution >= 0.6 is 0 Å². The van der Waals surface area contributed by atoms with E-state index < -0.39 is 11.7 Å². The van der Waals surface area contributed by atoms with Gasteiger partial charge in [0, 0.05) is 6.42 Å². The lowest BCUT2D eigenvalue weighted by molar-refractivity contribution is -0.112. The van der Waals surface area contributed by atoms with Crippen molar-refractivity contribution >= 4 is 17.7 Å². The van der Waals surface area contributed by atoms with Crippen molar-refractivity contribution in [2.24, 2.45) is 0 Å². The van der Waals surface area contributed by atoms with Gasteiger partial charge in [-0.1, -0.05) is 54.6 Å². The minimum atomic E-state index is -0.692. The molecule has 0 saturated carbocycles. The normalized spacial score (nSPS) is 11.0. The third kappa shape index (κ3) is 4.68. The van der Waals surface area contributed by atoms with Gasteiger partial charge in [-0.05, 0) is 41.0 Å². The van der Waals surface area contributed by atoms with Crippen molar-refractivity contribution in [1.82, 2.24) is 0 Å². The van der Waals surface area contributed by atoms with Gasteiger partial charge in [-0.15, -0.1) is 0 Å². The molecule has 0 radical (unpaired) electrons. The summed E-state index contributed by atoms with van der Waals surface area (Å²) in [7, 11) is 0. The molecule has 0 atom stereocenters. The maximum atomic E-state index is 13.8. The van der Waals surface area contributed by atoms with E-state index in [0.29, 0.717) is 17.5 Å². The van der Waals surface area contributed by atoms with Crippen LogP contribution in [0.25, 0.3) is 6.08 Å². The molecule has 5 heteroatoms. The molecular formula is C23H16F2N2O. The van der Waals surface area contributed by atoms with Gasteiger partial charge in [-0.3, -0.25) is 4.79 Å². The first-order valence-corrected chi connectivity index (χ1v) is 8.57. The number of hydrogen-bond donors (Lipinski definition) is 1. The smallest absolute Gasteiger partial charge is 0.266 e. The minimum absolute atomic E-state index is 0.00823. The molecule has 0 bridgehead atoms. The monoisotopic (exact) mass is 374 g/mol. The Labute approximate surface area is 161 Å². The summed E-state index contributed by atoms with van der Waals surface area (Å²) in [6, 6.07) is 21.2. The molecule has 0 spiro atoms. The highest BCUT2D eigenvalue weighted by Crippen LogP contribution is 2.17. The number of rotatable bonds is 5. The fourth-order valence-corrected chi connectivity index (χ4v) is 2.66. The summed E-state index contributed by atoms with van der Waals surface area (Å²) in [5, 5.41) is 11.7. The van der Waals surface area contributed by atoms with E-state index in [1.807, 2.05) is 18.2 Å². The van der Waals surface area contributed by atoms with E-state index >= 15 is 0 Å². The van der Waals surface area contributed by atoms with Crippen LogP contribution in [0.4, 0.5) is 14.5 Å². The van der Waals surface area contributed by atoms with Gasteiger partial charge in [0.1, 0.15) is 23.3 Å². The Morgan fingerprint density at radius 1 is 0.929 bits per heavy atom. The molecule has 1 amide bonds. The third-order valence-electron chi connectivity index (χ3n) is 4.13.